The molecule has 1 aliphatic rings. The molecule has 2 N–H and O–H groups in total. The zero-order valence-corrected chi connectivity index (χ0v) is 12.1. The number of aryl methyl sites for hydroxylation is 1. The molecular weight excluding hydrogens is 262 g/mol. The molecule has 0 saturated heterocycles. The first-order valence-corrected chi connectivity index (χ1v) is 7.45. The van der Waals surface area contributed by atoms with Crippen molar-refractivity contribution in [1.82, 2.24) is 0 Å². The quantitative estimate of drug-likeness (QED) is 0.885. The third-order valence-electron chi connectivity index (χ3n) is 4.03. The predicted octanol–water partition coefficient (Wildman–Crippen LogP) is 3.66. The molecule has 1 saturated carbocycles. The molecule has 0 aromatic carbocycles. The molecule has 2 rings (SSSR count). The molecule has 1 heterocycles. The fourth-order valence-corrected chi connectivity index (χ4v) is 3.69. The molecule has 1 fully saturated rings. The molecular formula is C14H19NO3S. The summed E-state index contributed by atoms with van der Waals surface area (Å²) in [4.78, 5) is 24.5. The zero-order valence-electron chi connectivity index (χ0n) is 11.3. The number of carbonyl (C=O) groups excluding carboxylic acids is 1. The first kappa shape index (κ1) is 14.1. The summed E-state index contributed by atoms with van der Waals surface area (Å²) in [7, 11) is 0. The Labute approximate surface area is 116 Å². The molecule has 1 aliphatic carbocycles. The van der Waals surface area contributed by atoms with E-state index in [0.717, 1.165) is 37.0 Å². The van der Waals surface area contributed by atoms with Gasteiger partial charge in [-0.25, -0.2) is 4.79 Å². The minimum atomic E-state index is -0.989. The van der Waals surface area contributed by atoms with Crippen LogP contribution in [0.1, 0.15) is 54.3 Å². The maximum Gasteiger partial charge on any atom is 0.338 e. The van der Waals surface area contributed by atoms with E-state index in [-0.39, 0.29) is 16.9 Å². The van der Waals surface area contributed by atoms with Crippen LogP contribution in [0.3, 0.4) is 0 Å². The number of hydrogen-bond acceptors (Lipinski definition) is 3. The third-order valence-corrected chi connectivity index (χ3v) is 5.00. The van der Waals surface area contributed by atoms with Crippen LogP contribution >= 0.6 is 11.3 Å². The average Bonchev–Trinajstić information content (AvgIpc) is 2.96. The van der Waals surface area contributed by atoms with Crippen LogP contribution in [-0.2, 0) is 4.79 Å². The van der Waals surface area contributed by atoms with E-state index in [1.54, 1.807) is 6.07 Å². The standard InChI is InChI=1S/C14H19NO3S/c1-3-14(6-4-5-7-14)13(18)15-11-10(12(16)17)8-9(2)19-11/h8H,3-7H2,1-2H3,(H,15,18)(H,16,17). The van der Waals surface area contributed by atoms with Crippen molar-refractivity contribution < 1.29 is 14.7 Å². The van der Waals surface area contributed by atoms with E-state index < -0.39 is 5.97 Å². The maximum absolute atomic E-state index is 12.5. The van der Waals surface area contributed by atoms with Gasteiger partial charge in [0.15, 0.2) is 0 Å². The van der Waals surface area contributed by atoms with Crippen molar-refractivity contribution in [3.63, 3.8) is 0 Å². The second-order valence-electron chi connectivity index (χ2n) is 5.20. The normalized spacial score (nSPS) is 17.4. The van der Waals surface area contributed by atoms with Gasteiger partial charge < -0.3 is 10.4 Å². The molecule has 0 aliphatic heterocycles. The first-order valence-electron chi connectivity index (χ1n) is 6.64. The molecule has 1 aromatic rings. The van der Waals surface area contributed by atoms with Gasteiger partial charge in [-0.1, -0.05) is 19.8 Å². The molecule has 0 spiro atoms. The third kappa shape index (κ3) is 2.66. The number of carboxylic acid groups (broad SMARTS) is 1. The summed E-state index contributed by atoms with van der Waals surface area (Å²) >= 11 is 1.33. The van der Waals surface area contributed by atoms with Crippen molar-refractivity contribution >= 4 is 28.2 Å². The molecule has 1 aromatic heterocycles. The highest BCUT2D eigenvalue weighted by Gasteiger charge is 2.39. The van der Waals surface area contributed by atoms with Crippen molar-refractivity contribution in [2.75, 3.05) is 5.32 Å². The lowest BCUT2D eigenvalue weighted by Gasteiger charge is -2.25. The molecule has 104 valence electrons. The number of carboxylic acids is 1. The molecule has 0 atom stereocenters. The van der Waals surface area contributed by atoms with Crippen molar-refractivity contribution in [3.8, 4) is 0 Å². The number of anilines is 1. The van der Waals surface area contributed by atoms with Gasteiger partial charge in [-0.2, -0.15) is 0 Å². The lowest BCUT2D eigenvalue weighted by Crippen LogP contribution is -2.33. The van der Waals surface area contributed by atoms with Crippen molar-refractivity contribution in [3.05, 3.63) is 16.5 Å². The fourth-order valence-electron chi connectivity index (χ4n) is 2.79. The summed E-state index contributed by atoms with van der Waals surface area (Å²) in [6.07, 6.45) is 4.78. The highest BCUT2D eigenvalue weighted by atomic mass is 32.1. The van der Waals surface area contributed by atoms with E-state index in [2.05, 4.69) is 5.32 Å². The smallest absolute Gasteiger partial charge is 0.338 e. The van der Waals surface area contributed by atoms with Crippen molar-refractivity contribution in [2.24, 2.45) is 5.41 Å². The predicted molar refractivity (Wildman–Crippen MR) is 75.8 cm³/mol. The van der Waals surface area contributed by atoms with Crippen LogP contribution in [0.5, 0.6) is 0 Å². The zero-order chi connectivity index (χ0) is 14.0. The van der Waals surface area contributed by atoms with Crippen LogP contribution in [0.15, 0.2) is 6.07 Å². The Bertz CT molecular complexity index is 501. The van der Waals surface area contributed by atoms with Crippen LogP contribution < -0.4 is 5.32 Å². The Hall–Kier alpha value is -1.36. The summed E-state index contributed by atoms with van der Waals surface area (Å²) in [6, 6.07) is 1.61. The van der Waals surface area contributed by atoms with E-state index in [4.69, 9.17) is 5.11 Å². The van der Waals surface area contributed by atoms with Gasteiger partial charge in [0.2, 0.25) is 5.91 Å². The van der Waals surface area contributed by atoms with E-state index in [0.29, 0.717) is 5.00 Å². The molecule has 4 nitrogen and oxygen atoms in total. The van der Waals surface area contributed by atoms with E-state index in [9.17, 15) is 9.59 Å². The van der Waals surface area contributed by atoms with Gasteiger partial charge in [-0.15, -0.1) is 11.3 Å². The van der Waals surface area contributed by atoms with Crippen LogP contribution in [0, 0.1) is 12.3 Å². The molecule has 5 heteroatoms. The lowest BCUT2D eigenvalue weighted by molar-refractivity contribution is -0.125. The number of amides is 1. The minimum Gasteiger partial charge on any atom is -0.478 e. The summed E-state index contributed by atoms with van der Waals surface area (Å²) < 4.78 is 0. The second kappa shape index (κ2) is 5.33. The number of nitrogens with one attached hydrogen (secondary N) is 1. The van der Waals surface area contributed by atoms with Gasteiger partial charge in [0.25, 0.3) is 0 Å². The second-order valence-corrected chi connectivity index (χ2v) is 6.46. The summed E-state index contributed by atoms with van der Waals surface area (Å²) in [5.74, 6) is -1.01. The lowest BCUT2D eigenvalue weighted by atomic mass is 9.82. The average molecular weight is 281 g/mol. The highest BCUT2D eigenvalue weighted by Crippen LogP contribution is 2.42. The number of carbonyl (C=O) groups is 2. The van der Waals surface area contributed by atoms with Crippen LogP contribution in [0.4, 0.5) is 5.00 Å². The van der Waals surface area contributed by atoms with Gasteiger partial charge in [0.05, 0.1) is 5.56 Å². The van der Waals surface area contributed by atoms with Crippen LogP contribution in [0.2, 0.25) is 0 Å². The van der Waals surface area contributed by atoms with Gasteiger partial charge in [0.1, 0.15) is 5.00 Å². The summed E-state index contributed by atoms with van der Waals surface area (Å²) in [6.45, 7) is 3.88. The minimum absolute atomic E-state index is 0.0168. The first-order chi connectivity index (χ1) is 8.98. The molecule has 19 heavy (non-hydrogen) atoms. The van der Waals surface area contributed by atoms with E-state index in [1.165, 1.54) is 11.3 Å². The van der Waals surface area contributed by atoms with Gasteiger partial charge in [-0.05, 0) is 32.3 Å². The number of rotatable bonds is 4. The maximum atomic E-state index is 12.5. The number of thiophene rings is 1. The molecule has 0 bridgehead atoms. The highest BCUT2D eigenvalue weighted by molar-refractivity contribution is 7.16. The Balaban J connectivity index is 2.21. The van der Waals surface area contributed by atoms with E-state index in [1.807, 2.05) is 13.8 Å². The Kier molecular flexibility index (Phi) is 3.94. The topological polar surface area (TPSA) is 66.4 Å². The molecule has 1 amide bonds. The Morgan fingerprint density at radius 1 is 1.42 bits per heavy atom. The van der Waals surface area contributed by atoms with Gasteiger partial charge in [0, 0.05) is 10.3 Å². The van der Waals surface area contributed by atoms with E-state index >= 15 is 0 Å². The summed E-state index contributed by atoms with van der Waals surface area (Å²) in [5.41, 5.74) is -0.103. The number of aromatic carboxylic acids is 1. The summed E-state index contributed by atoms with van der Waals surface area (Å²) in [5, 5.41) is 12.4. The van der Waals surface area contributed by atoms with Crippen molar-refractivity contribution in [2.45, 2.75) is 46.0 Å². The SMILES string of the molecule is CCC1(C(=O)Nc2sc(C)cc2C(=O)O)CCCC1. The van der Waals surface area contributed by atoms with Gasteiger partial charge >= 0.3 is 5.97 Å². The van der Waals surface area contributed by atoms with Crippen LogP contribution in [0.25, 0.3) is 0 Å². The molecule has 0 radical (unpaired) electrons. The largest absolute Gasteiger partial charge is 0.478 e. The fraction of sp³-hybridized carbons (Fsp3) is 0.571. The molecule has 0 unspecified atom stereocenters. The Morgan fingerprint density at radius 2 is 2.05 bits per heavy atom. The number of hydrogen-bond donors (Lipinski definition) is 2. The van der Waals surface area contributed by atoms with Crippen molar-refractivity contribution in [1.29, 1.82) is 0 Å². The Morgan fingerprint density at radius 3 is 2.58 bits per heavy atom. The van der Waals surface area contributed by atoms with Gasteiger partial charge in [-0.3, -0.25) is 4.79 Å². The monoisotopic (exact) mass is 281 g/mol. The van der Waals surface area contributed by atoms with Crippen LogP contribution in [-0.4, -0.2) is 17.0 Å².